The van der Waals surface area contributed by atoms with Gasteiger partial charge in [0.2, 0.25) is 0 Å². The predicted octanol–water partition coefficient (Wildman–Crippen LogP) is 0.371. The molecule has 4 nitrogen and oxygen atoms in total. The van der Waals surface area contributed by atoms with E-state index in [1.807, 2.05) is 0 Å². The first-order valence-corrected chi connectivity index (χ1v) is 9.42. The summed E-state index contributed by atoms with van der Waals surface area (Å²) in [5, 5.41) is 4.32. The molecule has 0 atom stereocenters. The molecule has 0 fully saturated rings. The lowest BCUT2D eigenvalue weighted by molar-refractivity contribution is -0.858. The fourth-order valence-electron chi connectivity index (χ4n) is 2.64. The molecule has 0 aliphatic carbocycles. The minimum absolute atomic E-state index is 0.853. The van der Waals surface area contributed by atoms with E-state index in [0.29, 0.717) is 0 Å². The Morgan fingerprint density at radius 2 is 1.54 bits per heavy atom. The van der Waals surface area contributed by atoms with Crippen LogP contribution in [0.25, 0.3) is 0 Å². The number of hydrogen-bond acceptors (Lipinski definition) is 1. The summed E-state index contributed by atoms with van der Waals surface area (Å²) in [6, 6.07) is 6.34. The minimum atomic E-state index is 0.853. The Morgan fingerprint density at radius 3 is 2.04 bits per heavy atom. The van der Waals surface area contributed by atoms with Crippen LogP contribution in [0, 0.1) is 13.8 Å². The number of benzene rings is 1. The number of thiocarbonyl (C=S) groups is 1. The predicted molar refractivity (Wildman–Crippen MR) is 108 cm³/mol. The highest BCUT2D eigenvalue weighted by Crippen LogP contribution is 2.18. The zero-order valence-corrected chi connectivity index (χ0v) is 17.1. The number of rotatable bonds is 9. The van der Waals surface area contributed by atoms with Gasteiger partial charge in [-0.05, 0) is 43.3 Å². The summed E-state index contributed by atoms with van der Waals surface area (Å²) in [5.41, 5.74) is 3.69. The topological polar surface area (TPSA) is 24.2 Å². The van der Waals surface area contributed by atoms with Gasteiger partial charge in [0.25, 0.3) is 0 Å². The highest BCUT2D eigenvalue weighted by Gasteiger charge is 2.12. The van der Waals surface area contributed by atoms with Crippen molar-refractivity contribution in [3.05, 3.63) is 29.3 Å². The van der Waals surface area contributed by atoms with Crippen LogP contribution >= 0.6 is 12.2 Å². The maximum absolute atomic E-state index is 5.72. The largest absolute Gasteiger partial charge is 0.349 e. The summed E-state index contributed by atoms with van der Waals surface area (Å²) in [6.07, 6.45) is 2.32. The normalized spacial score (nSPS) is 11.2. The van der Waals surface area contributed by atoms with Crippen LogP contribution in [0.2, 0.25) is 0 Å². The van der Waals surface area contributed by atoms with Gasteiger partial charge in [-0.2, -0.15) is 0 Å². The summed E-state index contributed by atoms with van der Waals surface area (Å²) in [6.45, 7) is 8.66. The molecule has 24 heavy (non-hydrogen) atoms. The second-order valence-electron chi connectivity index (χ2n) is 7.29. The Bertz CT molecular complexity index is 500. The lowest BCUT2D eigenvalue weighted by Crippen LogP contribution is -3.05. The highest BCUT2D eigenvalue weighted by molar-refractivity contribution is 7.80. The van der Waals surface area contributed by atoms with Crippen molar-refractivity contribution in [3.63, 3.8) is 0 Å². The molecule has 0 heterocycles. The van der Waals surface area contributed by atoms with Crippen molar-refractivity contribution in [1.29, 1.82) is 0 Å². The standard InChI is InChI=1S/C19H34N4S/c1-16-10-7-11-18(17(16)2)20-19(24)23(14-8-12-21(3)4)15-9-13-22(5)6/h7,10-11H,8-9,12-15H2,1-6H3,(H,20,24)/p+2. The van der Waals surface area contributed by atoms with Crippen molar-refractivity contribution in [2.24, 2.45) is 0 Å². The quantitative estimate of drug-likeness (QED) is 0.560. The van der Waals surface area contributed by atoms with E-state index in [1.165, 1.54) is 34.0 Å². The van der Waals surface area contributed by atoms with Gasteiger partial charge in [0.05, 0.1) is 41.3 Å². The Labute approximate surface area is 153 Å². The van der Waals surface area contributed by atoms with Gasteiger partial charge in [-0.1, -0.05) is 12.1 Å². The van der Waals surface area contributed by atoms with E-state index >= 15 is 0 Å². The van der Waals surface area contributed by atoms with E-state index in [2.05, 4.69) is 70.5 Å². The molecule has 0 bridgehead atoms. The molecule has 0 aliphatic heterocycles. The first-order valence-electron chi connectivity index (χ1n) is 9.01. The second-order valence-corrected chi connectivity index (χ2v) is 7.67. The zero-order chi connectivity index (χ0) is 18.1. The van der Waals surface area contributed by atoms with Gasteiger partial charge in [0.1, 0.15) is 0 Å². The molecule has 3 N–H and O–H groups in total. The maximum Gasteiger partial charge on any atom is 0.173 e. The molecule has 136 valence electrons. The SMILES string of the molecule is Cc1cccc(NC(=S)N(CCC[NH+](C)C)CCC[NH+](C)C)c1C. The average molecular weight is 353 g/mol. The van der Waals surface area contributed by atoms with Crippen LogP contribution < -0.4 is 15.1 Å². The molecule has 0 aromatic heterocycles. The average Bonchev–Trinajstić information content (AvgIpc) is 2.49. The number of quaternary nitrogens is 2. The van der Waals surface area contributed by atoms with Crippen LogP contribution in [-0.4, -0.2) is 64.4 Å². The van der Waals surface area contributed by atoms with Gasteiger partial charge in [-0.15, -0.1) is 0 Å². The Hall–Kier alpha value is -1.17. The fourth-order valence-corrected chi connectivity index (χ4v) is 2.94. The molecule has 1 aromatic carbocycles. The first-order chi connectivity index (χ1) is 11.3. The first kappa shape index (κ1) is 20.9. The zero-order valence-electron chi connectivity index (χ0n) is 16.3. The van der Waals surface area contributed by atoms with E-state index < -0.39 is 0 Å². The molecule has 1 rings (SSSR count). The number of nitrogens with zero attached hydrogens (tertiary/aromatic N) is 1. The summed E-state index contributed by atoms with van der Waals surface area (Å²) in [7, 11) is 8.80. The van der Waals surface area contributed by atoms with Crippen molar-refractivity contribution in [2.75, 3.05) is 59.7 Å². The van der Waals surface area contributed by atoms with Gasteiger partial charge < -0.3 is 20.0 Å². The Morgan fingerprint density at radius 1 is 1.00 bits per heavy atom. The van der Waals surface area contributed by atoms with Crippen LogP contribution in [0.15, 0.2) is 18.2 Å². The maximum atomic E-state index is 5.72. The third-order valence-electron chi connectivity index (χ3n) is 4.34. The lowest BCUT2D eigenvalue weighted by Gasteiger charge is -2.27. The second kappa shape index (κ2) is 10.6. The summed E-state index contributed by atoms with van der Waals surface area (Å²) < 4.78 is 0. The van der Waals surface area contributed by atoms with Crippen LogP contribution in [0.4, 0.5) is 5.69 Å². The van der Waals surface area contributed by atoms with Gasteiger partial charge in [-0.25, -0.2) is 0 Å². The van der Waals surface area contributed by atoms with Gasteiger partial charge >= 0.3 is 0 Å². The van der Waals surface area contributed by atoms with Gasteiger partial charge in [0, 0.05) is 31.6 Å². The van der Waals surface area contributed by atoms with Crippen molar-refractivity contribution in [3.8, 4) is 0 Å². The van der Waals surface area contributed by atoms with Gasteiger partial charge in [0.15, 0.2) is 5.11 Å². The third-order valence-corrected chi connectivity index (χ3v) is 4.70. The number of hydrogen-bond donors (Lipinski definition) is 3. The molecule has 5 heteroatoms. The minimum Gasteiger partial charge on any atom is -0.349 e. The molecule has 0 saturated carbocycles. The van der Waals surface area contributed by atoms with Crippen molar-refractivity contribution >= 4 is 23.0 Å². The number of nitrogens with one attached hydrogen (secondary N) is 3. The van der Waals surface area contributed by atoms with E-state index in [4.69, 9.17) is 12.2 Å². The monoisotopic (exact) mass is 352 g/mol. The van der Waals surface area contributed by atoms with E-state index in [-0.39, 0.29) is 0 Å². The Balaban J connectivity index is 2.68. The molecular weight excluding hydrogens is 316 g/mol. The van der Waals surface area contributed by atoms with Crippen LogP contribution in [0.3, 0.4) is 0 Å². The number of aryl methyl sites for hydroxylation is 1. The van der Waals surface area contributed by atoms with E-state index in [0.717, 1.165) is 36.7 Å². The molecule has 0 amide bonds. The van der Waals surface area contributed by atoms with Crippen molar-refractivity contribution in [1.82, 2.24) is 4.90 Å². The molecule has 0 unspecified atom stereocenters. The summed E-state index contributed by atoms with van der Waals surface area (Å²) in [4.78, 5) is 5.31. The third kappa shape index (κ3) is 7.60. The molecule has 0 saturated heterocycles. The van der Waals surface area contributed by atoms with Crippen molar-refractivity contribution < 1.29 is 9.80 Å². The molecule has 0 spiro atoms. The fraction of sp³-hybridized carbons (Fsp3) is 0.632. The number of anilines is 1. The van der Waals surface area contributed by atoms with Gasteiger partial charge in [-0.3, -0.25) is 0 Å². The van der Waals surface area contributed by atoms with Crippen LogP contribution in [0.5, 0.6) is 0 Å². The smallest absolute Gasteiger partial charge is 0.173 e. The molecule has 1 aromatic rings. The van der Waals surface area contributed by atoms with Crippen LogP contribution in [-0.2, 0) is 0 Å². The Kier molecular flexibility index (Phi) is 9.26. The molecule has 0 aliphatic rings. The van der Waals surface area contributed by atoms with Crippen LogP contribution in [0.1, 0.15) is 24.0 Å². The highest BCUT2D eigenvalue weighted by atomic mass is 32.1. The van der Waals surface area contributed by atoms with E-state index in [1.54, 1.807) is 0 Å². The molecule has 0 radical (unpaired) electrons. The van der Waals surface area contributed by atoms with E-state index in [9.17, 15) is 0 Å². The summed E-state index contributed by atoms with van der Waals surface area (Å²) >= 11 is 5.72. The van der Waals surface area contributed by atoms with Crippen molar-refractivity contribution in [2.45, 2.75) is 26.7 Å². The molecular formula is C19H36N4S+2. The lowest BCUT2D eigenvalue weighted by atomic mass is 10.1. The summed E-state index contributed by atoms with van der Waals surface area (Å²) in [5.74, 6) is 0.